The lowest BCUT2D eigenvalue weighted by Gasteiger charge is -2.38. The van der Waals surface area contributed by atoms with Crippen LogP contribution < -0.4 is 10.2 Å². The van der Waals surface area contributed by atoms with Gasteiger partial charge in [-0.15, -0.1) is 0 Å². The quantitative estimate of drug-likeness (QED) is 0.346. The first-order valence-electron chi connectivity index (χ1n) is 12.6. The molecule has 5 nitrogen and oxygen atoms in total. The van der Waals surface area contributed by atoms with Crippen LogP contribution in [0.1, 0.15) is 42.3 Å². The third-order valence-corrected chi connectivity index (χ3v) is 8.78. The van der Waals surface area contributed by atoms with Crippen LogP contribution in [0.25, 0.3) is 6.08 Å². The average Bonchev–Trinajstić information content (AvgIpc) is 3.35. The molecule has 3 aromatic carbocycles. The fraction of sp³-hybridized carbons (Fsp3) is 0.258. The number of anilines is 2. The number of amides is 1. The van der Waals surface area contributed by atoms with Crippen LogP contribution in [0.4, 0.5) is 11.4 Å². The van der Waals surface area contributed by atoms with Gasteiger partial charge < -0.3 is 10.2 Å². The van der Waals surface area contributed by atoms with E-state index in [1.807, 2.05) is 86.4 Å². The first-order valence-corrected chi connectivity index (χ1v) is 13.7. The monoisotopic (exact) mass is 588 g/mol. The molecule has 0 aromatic heterocycles. The highest BCUT2D eigenvalue weighted by molar-refractivity contribution is 9.10. The minimum atomic E-state index is -1.31. The summed E-state index contributed by atoms with van der Waals surface area (Å²) in [5.74, 6) is -1.56. The van der Waals surface area contributed by atoms with E-state index >= 15 is 0 Å². The Balaban J connectivity index is 1.68. The minimum absolute atomic E-state index is 0.0942. The molecule has 4 atom stereocenters. The number of rotatable bonds is 3. The zero-order chi connectivity index (χ0) is 27.0. The van der Waals surface area contributed by atoms with Crippen LogP contribution in [0.2, 0.25) is 5.02 Å². The molecular weight excluding hydrogens is 564 g/mol. The van der Waals surface area contributed by atoms with Crippen LogP contribution in [-0.4, -0.2) is 29.6 Å². The second kappa shape index (κ2) is 8.65. The van der Waals surface area contributed by atoms with Gasteiger partial charge in [-0.25, -0.2) is 0 Å². The summed E-state index contributed by atoms with van der Waals surface area (Å²) in [7, 11) is 0. The number of halogens is 2. The van der Waals surface area contributed by atoms with Crippen molar-refractivity contribution in [2.45, 2.75) is 38.3 Å². The van der Waals surface area contributed by atoms with Crippen LogP contribution in [0.5, 0.6) is 0 Å². The van der Waals surface area contributed by atoms with Crippen LogP contribution in [0.3, 0.4) is 0 Å². The van der Waals surface area contributed by atoms with Gasteiger partial charge in [0.05, 0.1) is 12.0 Å². The van der Waals surface area contributed by atoms with E-state index < -0.39 is 28.8 Å². The molecule has 0 unspecified atom stereocenters. The number of carbonyl (C=O) groups excluding carboxylic acids is 3. The van der Waals surface area contributed by atoms with Gasteiger partial charge in [-0.1, -0.05) is 90.8 Å². The van der Waals surface area contributed by atoms with Gasteiger partial charge in [0.1, 0.15) is 11.5 Å². The van der Waals surface area contributed by atoms with E-state index in [-0.39, 0.29) is 17.5 Å². The lowest BCUT2D eigenvalue weighted by atomic mass is 9.63. The van der Waals surface area contributed by atoms with E-state index in [1.54, 1.807) is 18.2 Å². The van der Waals surface area contributed by atoms with Gasteiger partial charge in [-0.05, 0) is 47.5 Å². The molecule has 7 heteroatoms. The fourth-order valence-electron chi connectivity index (χ4n) is 6.39. The molecule has 1 N–H and O–H groups in total. The standard InChI is InChI=1S/C31H26BrClN2O3/c1-30(2,3)28(37)26-25(27(36)17-8-11-19(32)12-9-17)31(21-6-4-5-7-22(21)34-29(31)38)24-15-10-18-16-20(33)13-14-23(18)35(24)26/h4-16,24-26H,1-3H3,(H,34,38)/t24-,25-,26-,31-/m1/s1. The first-order chi connectivity index (χ1) is 18.0. The summed E-state index contributed by atoms with van der Waals surface area (Å²) < 4.78 is 0.840. The Kier molecular flexibility index (Phi) is 5.71. The van der Waals surface area contributed by atoms with Gasteiger partial charge in [-0.3, -0.25) is 14.4 Å². The van der Waals surface area contributed by atoms with Crippen LogP contribution in [0.15, 0.2) is 77.3 Å². The van der Waals surface area contributed by atoms with E-state index in [9.17, 15) is 14.4 Å². The molecule has 6 rings (SSSR count). The largest absolute Gasteiger partial charge is 0.352 e. The van der Waals surface area contributed by atoms with Gasteiger partial charge >= 0.3 is 0 Å². The fourth-order valence-corrected chi connectivity index (χ4v) is 6.83. The Bertz CT molecular complexity index is 1540. The van der Waals surface area contributed by atoms with E-state index in [4.69, 9.17) is 11.6 Å². The zero-order valence-corrected chi connectivity index (χ0v) is 23.5. The summed E-state index contributed by atoms with van der Waals surface area (Å²) in [5, 5.41) is 3.62. The van der Waals surface area contributed by atoms with Crippen molar-refractivity contribution >= 4 is 62.5 Å². The van der Waals surface area contributed by atoms with E-state index in [0.717, 1.165) is 21.3 Å². The molecule has 0 radical (unpaired) electrons. The molecule has 38 heavy (non-hydrogen) atoms. The number of Topliss-reactive ketones (excluding diaryl/α,β-unsaturated/α-hetero) is 2. The molecule has 1 spiro atoms. The molecule has 0 aliphatic carbocycles. The van der Waals surface area contributed by atoms with Crippen molar-refractivity contribution in [3.63, 3.8) is 0 Å². The highest BCUT2D eigenvalue weighted by Crippen LogP contribution is 2.58. The number of para-hydroxylation sites is 1. The zero-order valence-electron chi connectivity index (χ0n) is 21.2. The second-order valence-corrected chi connectivity index (χ2v) is 12.5. The molecule has 0 bridgehead atoms. The first kappa shape index (κ1) is 25.1. The van der Waals surface area contributed by atoms with Crippen LogP contribution >= 0.6 is 27.5 Å². The molecule has 0 saturated carbocycles. The molecule has 3 heterocycles. The predicted molar refractivity (Wildman–Crippen MR) is 154 cm³/mol. The van der Waals surface area contributed by atoms with E-state index in [1.165, 1.54) is 0 Å². The summed E-state index contributed by atoms with van der Waals surface area (Å²) in [6, 6.07) is 18.7. The van der Waals surface area contributed by atoms with E-state index in [2.05, 4.69) is 21.2 Å². The van der Waals surface area contributed by atoms with Crippen molar-refractivity contribution in [3.8, 4) is 0 Å². The molecule has 1 amide bonds. The lowest BCUT2D eigenvalue weighted by Crippen LogP contribution is -2.51. The molecule has 3 aliphatic rings. The lowest BCUT2D eigenvalue weighted by molar-refractivity contribution is -0.128. The second-order valence-electron chi connectivity index (χ2n) is 11.2. The molecule has 3 aromatic rings. The van der Waals surface area contributed by atoms with Crippen molar-refractivity contribution in [1.29, 1.82) is 0 Å². The Morgan fingerprint density at radius 2 is 1.74 bits per heavy atom. The number of nitrogens with zero attached hydrogens (tertiary/aromatic N) is 1. The summed E-state index contributed by atoms with van der Waals surface area (Å²) in [6.45, 7) is 5.59. The van der Waals surface area contributed by atoms with Gasteiger partial charge in [0.25, 0.3) is 0 Å². The highest BCUT2D eigenvalue weighted by Gasteiger charge is 2.70. The van der Waals surface area contributed by atoms with Crippen molar-refractivity contribution < 1.29 is 14.4 Å². The molecular formula is C31H26BrClN2O3. The molecule has 192 valence electrons. The minimum Gasteiger partial charge on any atom is -0.352 e. The van der Waals surface area contributed by atoms with E-state index in [0.29, 0.717) is 16.3 Å². The topological polar surface area (TPSA) is 66.5 Å². The molecule has 1 fully saturated rings. The summed E-state index contributed by atoms with van der Waals surface area (Å²) in [4.78, 5) is 45.2. The third kappa shape index (κ3) is 3.46. The maximum atomic E-state index is 14.6. The third-order valence-electron chi connectivity index (χ3n) is 8.01. The smallest absolute Gasteiger partial charge is 0.238 e. The Morgan fingerprint density at radius 1 is 1.03 bits per heavy atom. The maximum absolute atomic E-state index is 14.6. The number of benzene rings is 3. The number of ketones is 2. The number of carbonyl (C=O) groups is 3. The molecule has 3 aliphatic heterocycles. The summed E-state index contributed by atoms with van der Waals surface area (Å²) in [5.41, 5.74) is 1.43. The van der Waals surface area contributed by atoms with Gasteiger partial charge in [0.2, 0.25) is 5.91 Å². The number of fused-ring (bicyclic) bond motifs is 6. The van der Waals surface area contributed by atoms with Crippen molar-refractivity contribution in [3.05, 3.63) is 99.0 Å². The number of hydrogen-bond donors (Lipinski definition) is 1. The summed E-state index contributed by atoms with van der Waals surface area (Å²) >= 11 is 9.78. The van der Waals surface area contributed by atoms with Crippen molar-refractivity contribution in [2.24, 2.45) is 11.3 Å². The number of hydrogen-bond acceptors (Lipinski definition) is 4. The SMILES string of the molecule is CC(C)(C)C(=O)[C@H]1[C@H](C(=O)c2ccc(Br)cc2)[C@]2(C(=O)Nc3ccccc32)[C@H]2C=Cc3cc(Cl)ccc3N12. The normalized spacial score (nSPS) is 25.1. The van der Waals surface area contributed by atoms with Gasteiger partial charge in [0, 0.05) is 31.8 Å². The van der Waals surface area contributed by atoms with Crippen molar-refractivity contribution in [1.82, 2.24) is 0 Å². The number of nitrogens with one attached hydrogen (secondary N) is 1. The maximum Gasteiger partial charge on any atom is 0.238 e. The molecule has 1 saturated heterocycles. The van der Waals surface area contributed by atoms with Gasteiger partial charge in [0.15, 0.2) is 11.6 Å². The highest BCUT2D eigenvalue weighted by atomic mass is 79.9. The Morgan fingerprint density at radius 3 is 2.45 bits per heavy atom. The summed E-state index contributed by atoms with van der Waals surface area (Å²) in [6.07, 6.45) is 3.90. The van der Waals surface area contributed by atoms with Crippen LogP contribution in [0, 0.1) is 11.3 Å². The predicted octanol–water partition coefficient (Wildman–Crippen LogP) is 6.69. The Labute approximate surface area is 235 Å². The Hall–Kier alpha value is -3.22. The van der Waals surface area contributed by atoms with Crippen molar-refractivity contribution in [2.75, 3.05) is 10.2 Å². The average molecular weight is 590 g/mol. The van der Waals surface area contributed by atoms with Gasteiger partial charge in [-0.2, -0.15) is 0 Å². The van der Waals surface area contributed by atoms with Crippen LogP contribution in [-0.2, 0) is 15.0 Å².